The fourth-order valence-electron chi connectivity index (χ4n) is 1.06. The molecule has 1 aliphatic carbocycles. The highest BCUT2D eigenvalue weighted by Gasteiger charge is 2.24. The number of hydrogen-bond donors (Lipinski definition) is 3. The number of aromatic amines is 1. The molecule has 70 valence electrons. The number of aromatic nitrogens is 2. The summed E-state index contributed by atoms with van der Waals surface area (Å²) in [6.45, 7) is 0. The second-order valence-corrected chi connectivity index (χ2v) is 3.16. The third kappa shape index (κ3) is 1.80. The Bertz CT molecular complexity index is 316. The highest BCUT2D eigenvalue weighted by molar-refractivity contribution is 5.93. The van der Waals surface area contributed by atoms with Crippen molar-refractivity contribution in [1.82, 2.24) is 15.5 Å². The molecule has 0 unspecified atom stereocenters. The normalized spacial score (nSPS) is 15.5. The lowest BCUT2D eigenvalue weighted by atomic mass is 10.4. The third-order valence-electron chi connectivity index (χ3n) is 1.99. The van der Waals surface area contributed by atoms with Gasteiger partial charge in [-0.25, -0.2) is 0 Å². The summed E-state index contributed by atoms with van der Waals surface area (Å²) in [4.78, 5) is 11.4. The van der Waals surface area contributed by atoms with Gasteiger partial charge in [-0.05, 0) is 12.8 Å². The molecule has 0 aliphatic heterocycles. The van der Waals surface area contributed by atoms with E-state index in [1.807, 2.05) is 0 Å². The van der Waals surface area contributed by atoms with Crippen LogP contribution in [-0.2, 0) is 0 Å². The number of hydrogen-bond acceptors (Lipinski definition) is 3. The van der Waals surface area contributed by atoms with Gasteiger partial charge in [0.15, 0.2) is 0 Å². The largest absolute Gasteiger partial charge is 0.372 e. The fourth-order valence-corrected chi connectivity index (χ4v) is 1.06. The number of rotatable bonds is 3. The van der Waals surface area contributed by atoms with Gasteiger partial charge < -0.3 is 10.6 Å². The average molecular weight is 180 g/mol. The van der Waals surface area contributed by atoms with Crippen molar-refractivity contribution < 1.29 is 4.79 Å². The van der Waals surface area contributed by atoms with Crippen LogP contribution in [0.15, 0.2) is 6.07 Å². The number of anilines is 1. The molecule has 1 aromatic rings. The van der Waals surface area contributed by atoms with Crippen LogP contribution in [0.1, 0.15) is 23.3 Å². The quantitative estimate of drug-likeness (QED) is 0.628. The van der Waals surface area contributed by atoms with Gasteiger partial charge in [-0.2, -0.15) is 5.10 Å². The highest BCUT2D eigenvalue weighted by atomic mass is 16.2. The molecule has 0 spiro atoms. The highest BCUT2D eigenvalue weighted by Crippen LogP contribution is 2.19. The lowest BCUT2D eigenvalue weighted by molar-refractivity contribution is 0.0946. The second kappa shape index (κ2) is 3.08. The Morgan fingerprint density at radius 2 is 2.46 bits per heavy atom. The van der Waals surface area contributed by atoms with E-state index in [9.17, 15) is 4.79 Å². The molecule has 5 heteroatoms. The van der Waals surface area contributed by atoms with Crippen LogP contribution < -0.4 is 10.6 Å². The molecule has 1 aromatic heterocycles. The van der Waals surface area contributed by atoms with Gasteiger partial charge in [-0.15, -0.1) is 0 Å². The zero-order valence-electron chi connectivity index (χ0n) is 7.42. The lowest BCUT2D eigenvalue weighted by Gasteiger charge is -1.97. The summed E-state index contributed by atoms with van der Waals surface area (Å²) in [5.41, 5.74) is 0.510. The number of carbonyl (C=O) groups excluding carboxylic acids is 1. The van der Waals surface area contributed by atoms with Crippen molar-refractivity contribution in [3.8, 4) is 0 Å². The molecule has 0 atom stereocenters. The second-order valence-electron chi connectivity index (χ2n) is 3.16. The van der Waals surface area contributed by atoms with Crippen LogP contribution in [-0.4, -0.2) is 29.2 Å². The van der Waals surface area contributed by atoms with Crippen molar-refractivity contribution in [2.24, 2.45) is 0 Å². The summed E-state index contributed by atoms with van der Waals surface area (Å²) < 4.78 is 0. The summed E-state index contributed by atoms with van der Waals surface area (Å²) in [5.74, 6) is 0.609. The molecule has 13 heavy (non-hydrogen) atoms. The molecule has 1 amide bonds. The van der Waals surface area contributed by atoms with Gasteiger partial charge in [0.05, 0.1) is 0 Å². The van der Waals surface area contributed by atoms with Gasteiger partial charge >= 0.3 is 0 Å². The van der Waals surface area contributed by atoms with E-state index < -0.39 is 0 Å². The summed E-state index contributed by atoms with van der Waals surface area (Å²) >= 11 is 0. The van der Waals surface area contributed by atoms with Gasteiger partial charge in [0.1, 0.15) is 11.5 Å². The maximum Gasteiger partial charge on any atom is 0.269 e. The minimum absolute atomic E-state index is 0.0727. The van der Waals surface area contributed by atoms with Crippen LogP contribution in [0.2, 0.25) is 0 Å². The molecule has 0 saturated heterocycles. The van der Waals surface area contributed by atoms with Crippen LogP contribution >= 0.6 is 0 Å². The van der Waals surface area contributed by atoms with Crippen molar-refractivity contribution in [2.45, 2.75) is 18.9 Å². The Kier molecular flexibility index (Phi) is 1.92. The SMILES string of the molecule is CNc1cc(C(=O)NC2CC2)[nH]n1. The van der Waals surface area contributed by atoms with Gasteiger partial charge in [0, 0.05) is 19.2 Å². The smallest absolute Gasteiger partial charge is 0.269 e. The Morgan fingerprint density at radius 1 is 1.69 bits per heavy atom. The summed E-state index contributed by atoms with van der Waals surface area (Å²) in [6, 6.07) is 2.08. The first-order valence-corrected chi connectivity index (χ1v) is 4.33. The van der Waals surface area contributed by atoms with E-state index in [0.29, 0.717) is 17.6 Å². The first-order chi connectivity index (χ1) is 6.29. The van der Waals surface area contributed by atoms with Crippen LogP contribution in [0.25, 0.3) is 0 Å². The zero-order chi connectivity index (χ0) is 9.26. The first kappa shape index (κ1) is 8.10. The van der Waals surface area contributed by atoms with E-state index in [-0.39, 0.29) is 5.91 Å². The molecule has 1 saturated carbocycles. The lowest BCUT2D eigenvalue weighted by Crippen LogP contribution is -2.25. The molecule has 5 nitrogen and oxygen atoms in total. The van der Waals surface area contributed by atoms with E-state index in [1.54, 1.807) is 13.1 Å². The van der Waals surface area contributed by atoms with Gasteiger partial charge in [0.2, 0.25) is 0 Å². The molecular formula is C8H12N4O. The van der Waals surface area contributed by atoms with E-state index in [4.69, 9.17) is 0 Å². The number of amides is 1. The molecular weight excluding hydrogens is 168 g/mol. The molecule has 3 N–H and O–H groups in total. The van der Waals surface area contributed by atoms with Crippen LogP contribution in [0.4, 0.5) is 5.82 Å². The minimum Gasteiger partial charge on any atom is -0.372 e. The van der Waals surface area contributed by atoms with Gasteiger partial charge in [-0.3, -0.25) is 9.89 Å². The van der Waals surface area contributed by atoms with Crippen molar-refractivity contribution in [1.29, 1.82) is 0 Å². The number of H-pyrrole nitrogens is 1. The third-order valence-corrected chi connectivity index (χ3v) is 1.99. The Labute approximate surface area is 75.9 Å². The predicted octanol–water partition coefficient (Wildman–Crippen LogP) is 0.344. The van der Waals surface area contributed by atoms with Crippen molar-refractivity contribution >= 4 is 11.7 Å². The topological polar surface area (TPSA) is 69.8 Å². The monoisotopic (exact) mass is 180 g/mol. The Morgan fingerprint density at radius 3 is 3.00 bits per heavy atom. The van der Waals surface area contributed by atoms with E-state index in [0.717, 1.165) is 12.8 Å². The van der Waals surface area contributed by atoms with Crippen molar-refractivity contribution in [3.05, 3.63) is 11.8 Å². The van der Waals surface area contributed by atoms with Crippen LogP contribution in [0, 0.1) is 0 Å². The summed E-state index contributed by atoms with van der Waals surface area (Å²) in [5, 5.41) is 12.3. The molecule has 1 fully saturated rings. The maximum atomic E-state index is 11.4. The van der Waals surface area contributed by atoms with Gasteiger partial charge in [-0.1, -0.05) is 0 Å². The van der Waals surface area contributed by atoms with E-state index >= 15 is 0 Å². The molecule has 1 aliphatic rings. The Balaban J connectivity index is 2.01. The molecule has 0 aromatic carbocycles. The number of carbonyl (C=O) groups is 1. The van der Waals surface area contributed by atoms with Crippen LogP contribution in [0.3, 0.4) is 0 Å². The van der Waals surface area contributed by atoms with Crippen molar-refractivity contribution in [2.75, 3.05) is 12.4 Å². The van der Waals surface area contributed by atoms with Crippen molar-refractivity contribution in [3.63, 3.8) is 0 Å². The fraction of sp³-hybridized carbons (Fsp3) is 0.500. The number of nitrogens with one attached hydrogen (secondary N) is 3. The van der Waals surface area contributed by atoms with Gasteiger partial charge in [0.25, 0.3) is 5.91 Å². The summed E-state index contributed by atoms with van der Waals surface area (Å²) in [7, 11) is 1.76. The van der Waals surface area contributed by atoms with E-state index in [1.165, 1.54) is 0 Å². The maximum absolute atomic E-state index is 11.4. The predicted molar refractivity (Wildman–Crippen MR) is 48.6 cm³/mol. The molecule has 0 bridgehead atoms. The van der Waals surface area contributed by atoms with E-state index in [2.05, 4.69) is 20.8 Å². The zero-order valence-corrected chi connectivity index (χ0v) is 7.42. The minimum atomic E-state index is -0.0727. The number of nitrogens with zero attached hydrogens (tertiary/aromatic N) is 1. The molecule has 0 radical (unpaired) electrons. The average Bonchev–Trinajstić information content (AvgIpc) is 2.82. The Hall–Kier alpha value is -1.52. The first-order valence-electron chi connectivity index (χ1n) is 4.33. The van der Waals surface area contributed by atoms with Crippen LogP contribution in [0.5, 0.6) is 0 Å². The molecule has 1 heterocycles. The summed E-state index contributed by atoms with van der Waals surface area (Å²) in [6.07, 6.45) is 2.19. The standard InChI is InChI=1S/C8H12N4O/c1-9-7-4-6(11-12-7)8(13)10-5-2-3-5/h4-5H,2-3H2,1H3,(H,10,13)(H2,9,11,12). The molecule has 2 rings (SSSR count).